The van der Waals surface area contributed by atoms with Gasteiger partial charge in [-0.15, -0.1) is 36.2 Å². The molecule has 0 aliphatic rings. The van der Waals surface area contributed by atoms with E-state index in [1.807, 2.05) is 13.1 Å². The molecule has 0 aliphatic carbocycles. The van der Waals surface area contributed by atoms with Crippen LogP contribution in [0.5, 0.6) is 0 Å². The highest BCUT2D eigenvalue weighted by atomic mass is 35.5. The Morgan fingerprint density at radius 1 is 1.58 bits per heavy atom. The second kappa shape index (κ2) is 6.66. The van der Waals surface area contributed by atoms with Gasteiger partial charge in [0.25, 0.3) is 0 Å². The second-order valence-corrected chi connectivity index (χ2v) is 3.59. The Kier molecular flexibility index (Phi) is 8.15. The van der Waals surface area contributed by atoms with Crippen molar-refractivity contribution < 1.29 is 0 Å². The van der Waals surface area contributed by atoms with Gasteiger partial charge in [-0.25, -0.2) is 4.98 Å². The lowest BCUT2D eigenvalue weighted by atomic mass is 10.3. The first-order chi connectivity index (χ1) is 4.74. The smallest absolute Gasteiger partial charge is 0.110 e. The van der Waals surface area contributed by atoms with Crippen molar-refractivity contribution >= 4 is 36.2 Å². The van der Waals surface area contributed by atoms with Crippen LogP contribution in [0.25, 0.3) is 0 Å². The van der Waals surface area contributed by atoms with Crippen LogP contribution in [0.15, 0.2) is 6.20 Å². The van der Waals surface area contributed by atoms with E-state index in [1.54, 1.807) is 11.3 Å². The minimum atomic E-state index is 0. The summed E-state index contributed by atoms with van der Waals surface area (Å²) in [5.74, 6) is 0. The fourth-order valence-electron chi connectivity index (χ4n) is 0.718. The van der Waals surface area contributed by atoms with Crippen LogP contribution in [0.3, 0.4) is 0 Å². The Hall–Kier alpha value is 0.170. The van der Waals surface area contributed by atoms with Crippen molar-refractivity contribution in [3.63, 3.8) is 0 Å². The highest BCUT2D eigenvalue weighted by molar-refractivity contribution is 7.11. The fourth-order valence-corrected chi connectivity index (χ4v) is 1.58. The van der Waals surface area contributed by atoms with Gasteiger partial charge in [0.1, 0.15) is 5.01 Å². The summed E-state index contributed by atoms with van der Waals surface area (Å²) in [6, 6.07) is 0.138. The van der Waals surface area contributed by atoms with Crippen LogP contribution < -0.4 is 5.73 Å². The highest BCUT2D eigenvalue weighted by Crippen LogP contribution is 2.19. The third-order valence-corrected chi connectivity index (χ3v) is 2.44. The molecule has 5 heteroatoms. The molecule has 72 valence electrons. The van der Waals surface area contributed by atoms with Gasteiger partial charge in [-0.3, -0.25) is 0 Å². The summed E-state index contributed by atoms with van der Waals surface area (Å²) < 4.78 is 0. The zero-order chi connectivity index (χ0) is 7.56. The molecule has 0 aliphatic heterocycles. The maximum atomic E-state index is 5.76. The molecule has 1 rings (SSSR count). The molecule has 0 saturated heterocycles. The standard InChI is InChI=1S/C7H12N2S.2ClH/c1-3-6(8)7-9-4-5(2)10-7;;/h4,6H,3,8H2,1-2H3;2*1H. The second-order valence-electron chi connectivity index (χ2n) is 2.32. The van der Waals surface area contributed by atoms with Crippen molar-refractivity contribution in [1.82, 2.24) is 4.98 Å². The molecule has 1 atom stereocenters. The Morgan fingerprint density at radius 2 is 2.17 bits per heavy atom. The van der Waals surface area contributed by atoms with Crippen LogP contribution in [-0.4, -0.2) is 4.98 Å². The number of halogens is 2. The molecule has 2 nitrogen and oxygen atoms in total. The normalized spacial score (nSPS) is 11.2. The lowest BCUT2D eigenvalue weighted by Crippen LogP contribution is -2.07. The molecule has 1 aromatic rings. The van der Waals surface area contributed by atoms with Crippen molar-refractivity contribution in [3.8, 4) is 0 Å². The number of aryl methyl sites for hydroxylation is 1. The molecule has 0 bridgehead atoms. The van der Waals surface area contributed by atoms with E-state index in [2.05, 4.69) is 11.9 Å². The molecule has 0 saturated carbocycles. The first-order valence-corrected chi connectivity index (χ1v) is 4.23. The molecular weight excluding hydrogens is 215 g/mol. The largest absolute Gasteiger partial charge is 0.322 e. The minimum absolute atomic E-state index is 0. The van der Waals surface area contributed by atoms with E-state index < -0.39 is 0 Å². The number of aromatic nitrogens is 1. The summed E-state index contributed by atoms with van der Waals surface area (Å²) >= 11 is 1.68. The average molecular weight is 229 g/mol. The molecule has 1 unspecified atom stereocenters. The van der Waals surface area contributed by atoms with Crippen LogP contribution in [0.1, 0.15) is 29.3 Å². The molecule has 0 aromatic carbocycles. The van der Waals surface area contributed by atoms with E-state index in [0.717, 1.165) is 11.4 Å². The van der Waals surface area contributed by atoms with Crippen LogP contribution in [-0.2, 0) is 0 Å². The van der Waals surface area contributed by atoms with E-state index in [-0.39, 0.29) is 30.9 Å². The van der Waals surface area contributed by atoms with Gasteiger partial charge in [-0.1, -0.05) is 6.92 Å². The van der Waals surface area contributed by atoms with Crippen LogP contribution in [0.2, 0.25) is 0 Å². The van der Waals surface area contributed by atoms with Crippen molar-refractivity contribution in [1.29, 1.82) is 0 Å². The lowest BCUT2D eigenvalue weighted by Gasteiger charge is -2.01. The monoisotopic (exact) mass is 228 g/mol. The van der Waals surface area contributed by atoms with Gasteiger partial charge in [-0.05, 0) is 13.3 Å². The molecule has 12 heavy (non-hydrogen) atoms. The first kappa shape index (κ1) is 14.7. The Bertz CT molecular complexity index is 215. The van der Waals surface area contributed by atoms with Crippen LogP contribution in [0.4, 0.5) is 0 Å². The predicted molar refractivity (Wildman–Crippen MR) is 58.6 cm³/mol. The lowest BCUT2D eigenvalue weighted by molar-refractivity contribution is 0.692. The SMILES string of the molecule is CCC(N)c1ncc(C)s1.Cl.Cl. The number of rotatable bonds is 2. The van der Waals surface area contributed by atoms with E-state index in [4.69, 9.17) is 5.73 Å². The maximum Gasteiger partial charge on any atom is 0.110 e. The van der Waals surface area contributed by atoms with Gasteiger partial charge in [0, 0.05) is 11.1 Å². The third kappa shape index (κ3) is 3.72. The molecule has 2 N–H and O–H groups in total. The van der Waals surface area contributed by atoms with Gasteiger partial charge in [0.2, 0.25) is 0 Å². The Morgan fingerprint density at radius 3 is 2.50 bits per heavy atom. The van der Waals surface area contributed by atoms with E-state index >= 15 is 0 Å². The van der Waals surface area contributed by atoms with Crippen LogP contribution in [0, 0.1) is 6.92 Å². The van der Waals surface area contributed by atoms with E-state index in [9.17, 15) is 0 Å². The van der Waals surface area contributed by atoms with Crippen molar-refractivity contribution in [3.05, 3.63) is 16.1 Å². The first-order valence-electron chi connectivity index (χ1n) is 3.42. The summed E-state index contributed by atoms with van der Waals surface area (Å²) in [6.45, 7) is 4.12. The molecule has 0 amide bonds. The maximum absolute atomic E-state index is 5.76. The van der Waals surface area contributed by atoms with E-state index in [1.165, 1.54) is 4.88 Å². The van der Waals surface area contributed by atoms with Gasteiger partial charge < -0.3 is 5.73 Å². The summed E-state index contributed by atoms with van der Waals surface area (Å²) in [6.07, 6.45) is 2.84. The fraction of sp³-hybridized carbons (Fsp3) is 0.571. The topological polar surface area (TPSA) is 38.9 Å². The number of thiazole rings is 1. The molecule has 0 fully saturated rings. The van der Waals surface area contributed by atoms with Crippen molar-refractivity contribution in [2.75, 3.05) is 0 Å². The number of nitrogens with zero attached hydrogens (tertiary/aromatic N) is 1. The predicted octanol–water partition coefficient (Wildman–Crippen LogP) is 2.70. The van der Waals surface area contributed by atoms with Crippen LogP contribution >= 0.6 is 36.2 Å². The molecule has 1 aromatic heterocycles. The molecule has 0 radical (unpaired) electrons. The Balaban J connectivity index is 0. The minimum Gasteiger partial charge on any atom is -0.322 e. The average Bonchev–Trinajstić information content (AvgIpc) is 2.34. The van der Waals surface area contributed by atoms with E-state index in [0.29, 0.717) is 0 Å². The molecule has 1 heterocycles. The molecule has 0 spiro atoms. The zero-order valence-corrected chi connectivity index (χ0v) is 9.56. The van der Waals surface area contributed by atoms with Gasteiger partial charge in [0.15, 0.2) is 0 Å². The summed E-state index contributed by atoms with van der Waals surface area (Å²) in [5, 5.41) is 1.06. The highest BCUT2D eigenvalue weighted by Gasteiger charge is 2.05. The number of nitrogens with two attached hydrogens (primary N) is 1. The summed E-state index contributed by atoms with van der Waals surface area (Å²) in [7, 11) is 0. The third-order valence-electron chi connectivity index (χ3n) is 1.40. The Labute approximate surface area is 89.4 Å². The zero-order valence-electron chi connectivity index (χ0n) is 7.11. The summed E-state index contributed by atoms with van der Waals surface area (Å²) in [5.41, 5.74) is 5.76. The number of hydrogen-bond donors (Lipinski definition) is 1. The number of hydrogen-bond acceptors (Lipinski definition) is 3. The van der Waals surface area contributed by atoms with Crippen molar-refractivity contribution in [2.45, 2.75) is 26.3 Å². The molecular formula is C7H14Cl2N2S. The van der Waals surface area contributed by atoms with Crippen molar-refractivity contribution in [2.24, 2.45) is 5.73 Å². The van der Waals surface area contributed by atoms with Gasteiger partial charge in [-0.2, -0.15) is 0 Å². The van der Waals surface area contributed by atoms with Gasteiger partial charge >= 0.3 is 0 Å². The summed E-state index contributed by atoms with van der Waals surface area (Å²) in [4.78, 5) is 5.42. The quantitative estimate of drug-likeness (QED) is 0.846. The van der Waals surface area contributed by atoms with Gasteiger partial charge in [0.05, 0.1) is 6.04 Å².